The van der Waals surface area contributed by atoms with E-state index in [0.717, 1.165) is 25.8 Å². The van der Waals surface area contributed by atoms with Crippen molar-refractivity contribution in [1.82, 2.24) is 9.78 Å². The molecule has 0 radical (unpaired) electrons. The molecule has 2 heterocycles. The van der Waals surface area contributed by atoms with Crippen molar-refractivity contribution in [3.63, 3.8) is 0 Å². The van der Waals surface area contributed by atoms with Crippen LogP contribution in [0.5, 0.6) is 0 Å². The molecule has 0 amide bonds. The van der Waals surface area contributed by atoms with Gasteiger partial charge < -0.3 is 5.73 Å². The highest BCUT2D eigenvalue weighted by Crippen LogP contribution is 2.39. The summed E-state index contributed by atoms with van der Waals surface area (Å²) >= 11 is 2.04. The standard InChI is InChI=1S/C14H25N3S/c1-3-13(4-2)17-8-6-12(16-17)10-14(11-15)7-5-9-18-14/h6,8,13H,3-5,7,9-11,15H2,1-2H3. The number of nitrogens with zero attached hydrogens (tertiary/aromatic N) is 2. The lowest BCUT2D eigenvalue weighted by molar-refractivity contribution is 0.423. The van der Waals surface area contributed by atoms with Gasteiger partial charge in [-0.05, 0) is 37.5 Å². The molecule has 4 heteroatoms. The van der Waals surface area contributed by atoms with Crippen LogP contribution in [0.4, 0.5) is 0 Å². The number of rotatable bonds is 6. The molecule has 0 aliphatic carbocycles. The van der Waals surface area contributed by atoms with Crippen LogP contribution in [-0.4, -0.2) is 26.8 Å². The molecule has 1 aliphatic heterocycles. The molecule has 0 spiro atoms. The Morgan fingerprint density at radius 3 is 2.83 bits per heavy atom. The molecule has 1 unspecified atom stereocenters. The predicted octanol–water partition coefficient (Wildman–Crippen LogP) is 3.01. The van der Waals surface area contributed by atoms with Crippen molar-refractivity contribution in [2.45, 2.75) is 56.7 Å². The lowest BCUT2D eigenvalue weighted by Crippen LogP contribution is -2.34. The van der Waals surface area contributed by atoms with E-state index in [2.05, 4.69) is 30.8 Å². The van der Waals surface area contributed by atoms with E-state index in [1.54, 1.807) is 0 Å². The molecule has 1 atom stereocenters. The van der Waals surface area contributed by atoms with Gasteiger partial charge in [-0.3, -0.25) is 4.68 Å². The Kier molecular flexibility index (Phi) is 4.73. The van der Waals surface area contributed by atoms with Gasteiger partial charge in [0.15, 0.2) is 0 Å². The minimum absolute atomic E-state index is 0.257. The molecule has 0 bridgehead atoms. The van der Waals surface area contributed by atoms with Crippen molar-refractivity contribution >= 4 is 11.8 Å². The molecule has 0 aromatic carbocycles. The summed E-state index contributed by atoms with van der Waals surface area (Å²) in [5.41, 5.74) is 7.19. The van der Waals surface area contributed by atoms with Crippen LogP contribution in [0.1, 0.15) is 51.3 Å². The number of hydrogen-bond acceptors (Lipinski definition) is 3. The maximum Gasteiger partial charge on any atom is 0.0639 e. The summed E-state index contributed by atoms with van der Waals surface area (Å²) in [5.74, 6) is 1.25. The topological polar surface area (TPSA) is 43.8 Å². The SMILES string of the molecule is CCC(CC)n1ccc(CC2(CN)CCCS2)n1. The highest BCUT2D eigenvalue weighted by atomic mass is 32.2. The van der Waals surface area contributed by atoms with E-state index in [1.807, 2.05) is 11.8 Å². The third-order valence-electron chi connectivity index (χ3n) is 4.04. The van der Waals surface area contributed by atoms with E-state index >= 15 is 0 Å². The summed E-state index contributed by atoms with van der Waals surface area (Å²) in [7, 11) is 0. The van der Waals surface area contributed by atoms with E-state index in [0.29, 0.717) is 6.04 Å². The first-order valence-electron chi connectivity index (χ1n) is 7.11. The Morgan fingerprint density at radius 1 is 1.50 bits per heavy atom. The fourth-order valence-electron chi connectivity index (χ4n) is 2.80. The summed E-state index contributed by atoms with van der Waals surface area (Å²) in [6, 6.07) is 2.72. The Morgan fingerprint density at radius 2 is 2.28 bits per heavy atom. The van der Waals surface area contributed by atoms with Gasteiger partial charge in [-0.1, -0.05) is 13.8 Å². The monoisotopic (exact) mass is 267 g/mol. The maximum absolute atomic E-state index is 5.98. The molecule has 2 N–H and O–H groups in total. The number of aromatic nitrogens is 2. The Balaban J connectivity index is 2.06. The molecule has 1 fully saturated rings. The lowest BCUT2D eigenvalue weighted by atomic mass is 9.97. The van der Waals surface area contributed by atoms with E-state index in [1.165, 1.54) is 24.3 Å². The summed E-state index contributed by atoms with van der Waals surface area (Å²) in [4.78, 5) is 0. The van der Waals surface area contributed by atoms with Gasteiger partial charge in [0.2, 0.25) is 0 Å². The lowest BCUT2D eigenvalue weighted by Gasteiger charge is -2.25. The van der Waals surface area contributed by atoms with E-state index in [9.17, 15) is 0 Å². The van der Waals surface area contributed by atoms with Gasteiger partial charge in [-0.25, -0.2) is 0 Å². The molecule has 3 nitrogen and oxygen atoms in total. The summed E-state index contributed by atoms with van der Waals surface area (Å²) in [5, 5.41) is 4.76. The summed E-state index contributed by atoms with van der Waals surface area (Å²) in [6.45, 7) is 5.23. The second kappa shape index (κ2) is 6.11. The highest BCUT2D eigenvalue weighted by molar-refractivity contribution is 8.00. The van der Waals surface area contributed by atoms with Gasteiger partial charge in [0, 0.05) is 23.9 Å². The molecule has 18 heavy (non-hydrogen) atoms. The van der Waals surface area contributed by atoms with Gasteiger partial charge in [0.05, 0.1) is 11.7 Å². The Hall–Kier alpha value is -0.480. The molecular formula is C14H25N3S. The van der Waals surface area contributed by atoms with Crippen LogP contribution in [0.15, 0.2) is 12.3 Å². The van der Waals surface area contributed by atoms with E-state index in [4.69, 9.17) is 10.8 Å². The highest BCUT2D eigenvalue weighted by Gasteiger charge is 2.34. The van der Waals surface area contributed by atoms with Gasteiger partial charge in [-0.15, -0.1) is 0 Å². The zero-order chi connectivity index (χ0) is 13.0. The van der Waals surface area contributed by atoms with Crippen LogP contribution in [0.3, 0.4) is 0 Å². The Labute approximate surface area is 115 Å². The quantitative estimate of drug-likeness (QED) is 0.861. The minimum atomic E-state index is 0.257. The Bertz CT molecular complexity index is 365. The third-order valence-corrected chi connectivity index (χ3v) is 5.66. The third kappa shape index (κ3) is 2.91. The second-order valence-corrected chi connectivity index (χ2v) is 6.84. The second-order valence-electron chi connectivity index (χ2n) is 5.27. The van der Waals surface area contributed by atoms with Crippen LogP contribution in [0, 0.1) is 0 Å². The van der Waals surface area contributed by atoms with Crippen molar-refractivity contribution in [2.24, 2.45) is 5.73 Å². The van der Waals surface area contributed by atoms with Crippen molar-refractivity contribution in [3.8, 4) is 0 Å². The van der Waals surface area contributed by atoms with Crippen LogP contribution in [0.2, 0.25) is 0 Å². The summed E-state index contributed by atoms with van der Waals surface area (Å²) < 4.78 is 2.40. The van der Waals surface area contributed by atoms with Gasteiger partial charge >= 0.3 is 0 Å². The van der Waals surface area contributed by atoms with Crippen LogP contribution in [0.25, 0.3) is 0 Å². The normalized spacial score (nSPS) is 24.0. The first-order chi connectivity index (χ1) is 8.73. The molecule has 1 aromatic rings. The van der Waals surface area contributed by atoms with Crippen molar-refractivity contribution in [2.75, 3.05) is 12.3 Å². The smallest absolute Gasteiger partial charge is 0.0639 e. The molecule has 2 rings (SSSR count). The van der Waals surface area contributed by atoms with Gasteiger partial charge in [-0.2, -0.15) is 16.9 Å². The zero-order valence-corrected chi connectivity index (χ0v) is 12.4. The first kappa shape index (κ1) is 13.9. The predicted molar refractivity (Wildman–Crippen MR) is 79.0 cm³/mol. The molecular weight excluding hydrogens is 242 g/mol. The number of hydrogen-bond donors (Lipinski definition) is 1. The zero-order valence-electron chi connectivity index (χ0n) is 11.6. The fraction of sp³-hybridized carbons (Fsp3) is 0.786. The van der Waals surface area contributed by atoms with E-state index < -0.39 is 0 Å². The first-order valence-corrected chi connectivity index (χ1v) is 8.09. The van der Waals surface area contributed by atoms with E-state index in [-0.39, 0.29) is 4.75 Å². The van der Waals surface area contributed by atoms with Crippen LogP contribution >= 0.6 is 11.8 Å². The van der Waals surface area contributed by atoms with Gasteiger partial charge in [0.1, 0.15) is 0 Å². The molecule has 102 valence electrons. The van der Waals surface area contributed by atoms with Crippen molar-refractivity contribution in [1.29, 1.82) is 0 Å². The molecule has 1 saturated heterocycles. The molecule has 0 saturated carbocycles. The molecule has 1 aromatic heterocycles. The van der Waals surface area contributed by atoms with Crippen LogP contribution in [-0.2, 0) is 6.42 Å². The average Bonchev–Trinajstić information content (AvgIpc) is 3.02. The van der Waals surface area contributed by atoms with Crippen LogP contribution < -0.4 is 5.73 Å². The maximum atomic E-state index is 5.98. The average molecular weight is 267 g/mol. The van der Waals surface area contributed by atoms with Gasteiger partial charge in [0.25, 0.3) is 0 Å². The summed E-state index contributed by atoms with van der Waals surface area (Å²) in [6.07, 6.45) is 8.00. The fourth-order valence-corrected chi connectivity index (χ4v) is 4.17. The number of nitrogens with two attached hydrogens (primary N) is 1. The van der Waals surface area contributed by atoms with Crippen molar-refractivity contribution in [3.05, 3.63) is 18.0 Å². The van der Waals surface area contributed by atoms with Crippen molar-refractivity contribution < 1.29 is 0 Å². The molecule has 1 aliphatic rings. The minimum Gasteiger partial charge on any atom is -0.329 e. The largest absolute Gasteiger partial charge is 0.329 e. The number of thioether (sulfide) groups is 1.